The van der Waals surface area contributed by atoms with Crippen LogP contribution in [0.15, 0.2) is 41.4 Å². The molecule has 1 saturated heterocycles. The van der Waals surface area contributed by atoms with E-state index in [9.17, 15) is 4.79 Å². The fraction of sp³-hybridized carbons (Fsp3) is 0.550. The highest BCUT2D eigenvalue weighted by atomic mass is 32.1. The largest absolute Gasteiger partial charge is 0.353 e. The van der Waals surface area contributed by atoms with Gasteiger partial charge in [-0.3, -0.25) is 4.79 Å². The predicted molar refractivity (Wildman–Crippen MR) is 104 cm³/mol. The second kappa shape index (κ2) is 6.96. The molecule has 2 N–H and O–H groups in total. The lowest BCUT2D eigenvalue weighted by Gasteiger charge is -2.46. The van der Waals surface area contributed by atoms with Crippen LogP contribution in [0.1, 0.15) is 58.6 Å². The Bertz CT molecular complexity index is 638. The van der Waals surface area contributed by atoms with Gasteiger partial charge < -0.3 is 15.2 Å². The predicted octanol–water partition coefficient (Wildman–Crippen LogP) is 3.95. The van der Waals surface area contributed by atoms with E-state index in [2.05, 4.69) is 59.7 Å². The lowest BCUT2D eigenvalue weighted by atomic mass is 9.79. The van der Waals surface area contributed by atoms with Crippen LogP contribution in [0, 0.1) is 0 Å². The van der Waals surface area contributed by atoms with Gasteiger partial charge >= 0.3 is 0 Å². The summed E-state index contributed by atoms with van der Waals surface area (Å²) in [6.45, 7) is 8.84. The normalized spacial score (nSPS) is 21.0. The molecule has 0 bridgehead atoms. The first-order valence-corrected chi connectivity index (χ1v) is 9.92. The van der Waals surface area contributed by atoms with Gasteiger partial charge in [0.2, 0.25) is 5.91 Å². The molecular formula is C20H29N3OS. The van der Waals surface area contributed by atoms with Crippen molar-refractivity contribution in [2.75, 3.05) is 0 Å². The van der Waals surface area contributed by atoms with Crippen LogP contribution in [0.2, 0.25) is 0 Å². The van der Waals surface area contributed by atoms with Gasteiger partial charge in [-0.15, -0.1) is 0 Å². The van der Waals surface area contributed by atoms with Crippen LogP contribution in [-0.2, 0) is 4.79 Å². The van der Waals surface area contributed by atoms with E-state index in [-0.39, 0.29) is 29.1 Å². The molecule has 0 spiro atoms. The van der Waals surface area contributed by atoms with Crippen LogP contribution in [0.3, 0.4) is 0 Å². The number of aromatic nitrogens is 1. The quantitative estimate of drug-likeness (QED) is 0.849. The van der Waals surface area contributed by atoms with Gasteiger partial charge in [-0.05, 0) is 75.1 Å². The number of hydrogen-bond donors (Lipinski definition) is 2. The Balaban J connectivity index is 1.68. The van der Waals surface area contributed by atoms with Crippen molar-refractivity contribution in [2.24, 2.45) is 0 Å². The second-order valence-corrected chi connectivity index (χ2v) is 9.25. The van der Waals surface area contributed by atoms with Crippen LogP contribution >= 0.6 is 11.3 Å². The minimum absolute atomic E-state index is 0.0346. The maximum absolute atomic E-state index is 12.8. The number of amides is 1. The van der Waals surface area contributed by atoms with Crippen molar-refractivity contribution < 1.29 is 4.79 Å². The Morgan fingerprint density at radius 1 is 1.28 bits per heavy atom. The minimum Gasteiger partial charge on any atom is -0.353 e. The van der Waals surface area contributed by atoms with Gasteiger partial charge in [0.05, 0.1) is 12.5 Å². The van der Waals surface area contributed by atoms with Crippen molar-refractivity contribution >= 4 is 17.2 Å². The van der Waals surface area contributed by atoms with Gasteiger partial charge in [0, 0.05) is 29.5 Å². The summed E-state index contributed by atoms with van der Waals surface area (Å²) in [5.41, 5.74) is 1.27. The fourth-order valence-electron chi connectivity index (χ4n) is 4.30. The molecule has 1 aliphatic rings. The molecule has 1 unspecified atom stereocenters. The highest BCUT2D eigenvalue weighted by Gasteiger charge is 2.38. The SMILES string of the molecule is CC1(C)CC(NC(=O)CC(c2ccsc2)n2cccc2)CC(C)(C)N1. The zero-order valence-corrected chi connectivity index (χ0v) is 16.4. The average Bonchev–Trinajstić information content (AvgIpc) is 3.15. The van der Waals surface area contributed by atoms with E-state index in [0.29, 0.717) is 6.42 Å². The Hall–Kier alpha value is -1.59. The fourth-order valence-corrected chi connectivity index (χ4v) is 5.01. The van der Waals surface area contributed by atoms with Gasteiger partial charge in [0.15, 0.2) is 0 Å². The van der Waals surface area contributed by atoms with Crippen LogP contribution < -0.4 is 10.6 Å². The molecule has 3 heterocycles. The zero-order valence-electron chi connectivity index (χ0n) is 15.6. The van der Waals surface area contributed by atoms with Gasteiger partial charge in [-0.25, -0.2) is 0 Å². The molecule has 0 saturated carbocycles. The first kappa shape index (κ1) is 18.2. The van der Waals surface area contributed by atoms with Crippen molar-refractivity contribution in [2.45, 2.75) is 70.1 Å². The molecule has 0 radical (unpaired) electrons. The molecule has 5 heteroatoms. The topological polar surface area (TPSA) is 46.1 Å². The molecule has 25 heavy (non-hydrogen) atoms. The van der Waals surface area contributed by atoms with Crippen LogP contribution in [0.5, 0.6) is 0 Å². The Morgan fingerprint density at radius 2 is 1.92 bits per heavy atom. The van der Waals surface area contributed by atoms with E-state index in [4.69, 9.17) is 0 Å². The van der Waals surface area contributed by atoms with Gasteiger partial charge in [0.1, 0.15) is 0 Å². The van der Waals surface area contributed by atoms with E-state index in [1.54, 1.807) is 11.3 Å². The molecule has 0 aromatic carbocycles. The number of nitrogens with one attached hydrogen (secondary N) is 2. The Labute approximate surface area is 154 Å². The molecule has 1 fully saturated rings. The van der Waals surface area contributed by atoms with Crippen molar-refractivity contribution in [3.8, 4) is 0 Å². The summed E-state index contributed by atoms with van der Waals surface area (Å²) in [6.07, 6.45) is 6.44. The first-order chi connectivity index (χ1) is 11.7. The monoisotopic (exact) mass is 359 g/mol. The lowest BCUT2D eigenvalue weighted by molar-refractivity contribution is -0.122. The Kier molecular flexibility index (Phi) is 5.07. The smallest absolute Gasteiger partial charge is 0.222 e. The number of nitrogens with zero attached hydrogens (tertiary/aromatic N) is 1. The number of hydrogen-bond acceptors (Lipinski definition) is 3. The van der Waals surface area contributed by atoms with E-state index in [1.165, 1.54) is 5.56 Å². The van der Waals surface area contributed by atoms with Crippen molar-refractivity contribution in [3.63, 3.8) is 0 Å². The highest BCUT2D eigenvalue weighted by molar-refractivity contribution is 7.08. The number of carbonyl (C=O) groups excluding carboxylic acids is 1. The third-order valence-corrected chi connectivity index (χ3v) is 5.55. The molecule has 2 aromatic heterocycles. The van der Waals surface area contributed by atoms with Gasteiger partial charge in [-0.2, -0.15) is 11.3 Å². The van der Waals surface area contributed by atoms with Crippen LogP contribution in [-0.4, -0.2) is 27.6 Å². The van der Waals surface area contributed by atoms with E-state index in [1.807, 2.05) is 24.5 Å². The summed E-state index contributed by atoms with van der Waals surface area (Å²) in [5, 5.41) is 11.2. The number of carbonyl (C=O) groups is 1. The molecule has 4 nitrogen and oxygen atoms in total. The summed E-state index contributed by atoms with van der Waals surface area (Å²) in [7, 11) is 0. The average molecular weight is 360 g/mol. The van der Waals surface area contributed by atoms with Gasteiger partial charge in [-0.1, -0.05) is 0 Å². The maximum Gasteiger partial charge on any atom is 0.222 e. The minimum atomic E-state index is 0.0346. The number of thiophene rings is 1. The highest BCUT2D eigenvalue weighted by Crippen LogP contribution is 2.29. The van der Waals surface area contributed by atoms with E-state index < -0.39 is 0 Å². The number of rotatable bonds is 5. The summed E-state index contributed by atoms with van der Waals surface area (Å²) >= 11 is 1.67. The molecule has 3 rings (SSSR count). The first-order valence-electron chi connectivity index (χ1n) is 8.97. The summed E-state index contributed by atoms with van der Waals surface area (Å²) in [4.78, 5) is 12.8. The maximum atomic E-state index is 12.8. The van der Waals surface area contributed by atoms with Gasteiger partial charge in [0.25, 0.3) is 0 Å². The van der Waals surface area contributed by atoms with Crippen molar-refractivity contribution in [3.05, 3.63) is 46.9 Å². The van der Waals surface area contributed by atoms with Crippen molar-refractivity contribution in [1.29, 1.82) is 0 Å². The zero-order chi connectivity index (χ0) is 18.1. The van der Waals surface area contributed by atoms with Crippen molar-refractivity contribution in [1.82, 2.24) is 15.2 Å². The van der Waals surface area contributed by atoms with E-state index in [0.717, 1.165) is 12.8 Å². The third kappa shape index (κ3) is 4.73. The third-order valence-electron chi connectivity index (χ3n) is 4.85. The molecule has 0 aliphatic carbocycles. The number of piperidine rings is 1. The molecule has 1 atom stereocenters. The Morgan fingerprint density at radius 3 is 2.48 bits per heavy atom. The standard InChI is InChI=1S/C20H29N3OS/c1-19(2)12-16(13-20(3,4)22-19)21-18(24)11-17(15-7-10-25-14-15)23-8-5-6-9-23/h5-10,14,16-17,22H,11-13H2,1-4H3,(H,21,24). The molecule has 1 aliphatic heterocycles. The second-order valence-electron chi connectivity index (χ2n) is 8.47. The molecule has 136 valence electrons. The summed E-state index contributed by atoms with van der Waals surface area (Å²) < 4.78 is 2.12. The molecular weight excluding hydrogens is 330 g/mol. The van der Waals surface area contributed by atoms with Crippen LogP contribution in [0.4, 0.5) is 0 Å². The van der Waals surface area contributed by atoms with E-state index >= 15 is 0 Å². The summed E-state index contributed by atoms with van der Waals surface area (Å²) in [6, 6.07) is 6.40. The molecule has 2 aromatic rings. The summed E-state index contributed by atoms with van der Waals surface area (Å²) in [5.74, 6) is 0.128. The molecule has 1 amide bonds. The van der Waals surface area contributed by atoms with Crippen LogP contribution in [0.25, 0.3) is 0 Å². The lowest BCUT2D eigenvalue weighted by Crippen LogP contribution is -2.62.